The van der Waals surface area contributed by atoms with Gasteiger partial charge >= 0.3 is 0 Å². The molecule has 0 radical (unpaired) electrons. The van der Waals surface area contributed by atoms with Gasteiger partial charge in [-0.25, -0.2) is 14.1 Å². The summed E-state index contributed by atoms with van der Waals surface area (Å²) in [5, 5.41) is 5.53. The predicted octanol–water partition coefficient (Wildman–Crippen LogP) is 2.58. The first-order valence-corrected chi connectivity index (χ1v) is 8.37. The van der Waals surface area contributed by atoms with E-state index in [1.807, 2.05) is 46.1 Å². The average molecular weight is 350 g/mol. The Morgan fingerprint density at radius 1 is 1.31 bits per heavy atom. The Hall–Kier alpha value is -3.22. The monoisotopic (exact) mass is 350 g/mol. The summed E-state index contributed by atoms with van der Waals surface area (Å²) in [7, 11) is 1.71. The molecule has 0 unspecified atom stereocenters. The summed E-state index contributed by atoms with van der Waals surface area (Å²) in [5.41, 5.74) is 9.36. The Morgan fingerprint density at radius 3 is 2.88 bits per heavy atom. The third-order valence-corrected chi connectivity index (χ3v) is 4.49. The average Bonchev–Trinajstić information content (AvgIpc) is 3.07. The second kappa shape index (κ2) is 6.59. The van der Waals surface area contributed by atoms with Gasteiger partial charge in [0.25, 0.3) is 0 Å². The van der Waals surface area contributed by atoms with Gasteiger partial charge in [0, 0.05) is 42.7 Å². The Labute approximate surface area is 150 Å². The van der Waals surface area contributed by atoms with E-state index in [1.54, 1.807) is 19.5 Å². The van der Waals surface area contributed by atoms with Gasteiger partial charge in [0.2, 0.25) is 0 Å². The smallest absolute Gasteiger partial charge is 0.135 e. The molecule has 0 aliphatic carbocycles. The zero-order valence-electron chi connectivity index (χ0n) is 14.4. The number of aliphatic imine (C=N–C) groups is 1. The number of allylic oxidation sites excluding steroid dienone is 1. The minimum Gasteiger partial charge on any atom is -0.404 e. The zero-order valence-corrected chi connectivity index (χ0v) is 14.4. The van der Waals surface area contributed by atoms with Crippen LogP contribution < -0.4 is 10.6 Å². The molecule has 0 spiro atoms. The van der Waals surface area contributed by atoms with Crippen molar-refractivity contribution in [3.63, 3.8) is 0 Å². The van der Waals surface area contributed by atoms with Crippen molar-refractivity contribution >= 4 is 28.5 Å². The first kappa shape index (κ1) is 16.3. The molecule has 0 saturated carbocycles. The highest BCUT2D eigenvalue weighted by Crippen LogP contribution is 2.26. The molecule has 1 saturated heterocycles. The Morgan fingerprint density at radius 2 is 2.15 bits per heavy atom. The first-order chi connectivity index (χ1) is 12.7. The molecule has 1 aromatic carbocycles. The van der Waals surface area contributed by atoms with Crippen LogP contribution in [0.1, 0.15) is 5.56 Å². The minimum absolute atomic E-state index is 0.390. The van der Waals surface area contributed by atoms with E-state index in [2.05, 4.69) is 15.1 Å². The number of hydrogen-bond acceptors (Lipinski definition) is 5. The van der Waals surface area contributed by atoms with E-state index in [0.717, 1.165) is 33.5 Å². The van der Waals surface area contributed by atoms with Crippen LogP contribution in [-0.4, -0.2) is 47.3 Å². The summed E-state index contributed by atoms with van der Waals surface area (Å²) < 4.78 is 15.0. The van der Waals surface area contributed by atoms with Crippen LogP contribution in [0, 0.1) is 0 Å². The first-order valence-electron chi connectivity index (χ1n) is 8.37. The number of halogens is 1. The van der Waals surface area contributed by atoms with Crippen LogP contribution in [0.2, 0.25) is 0 Å². The fourth-order valence-electron chi connectivity index (χ4n) is 3.08. The summed E-state index contributed by atoms with van der Waals surface area (Å²) in [5.74, 6) is 0.761. The summed E-state index contributed by atoms with van der Waals surface area (Å²) in [6, 6.07) is 9.85. The zero-order chi connectivity index (χ0) is 18.1. The van der Waals surface area contributed by atoms with Gasteiger partial charge in [-0.1, -0.05) is 12.1 Å². The van der Waals surface area contributed by atoms with Crippen molar-refractivity contribution in [1.29, 1.82) is 0 Å². The lowest BCUT2D eigenvalue weighted by molar-refractivity contribution is 0.273. The molecule has 1 fully saturated rings. The van der Waals surface area contributed by atoms with Crippen molar-refractivity contribution in [2.45, 2.75) is 6.17 Å². The lowest BCUT2D eigenvalue weighted by Crippen LogP contribution is -2.48. The molecule has 132 valence electrons. The molecule has 2 N–H and O–H groups in total. The van der Waals surface area contributed by atoms with Gasteiger partial charge in [-0.3, -0.25) is 4.99 Å². The van der Waals surface area contributed by atoms with Crippen molar-refractivity contribution in [2.75, 3.05) is 25.0 Å². The largest absolute Gasteiger partial charge is 0.404 e. The van der Waals surface area contributed by atoms with Crippen molar-refractivity contribution in [2.24, 2.45) is 10.7 Å². The lowest BCUT2D eigenvalue weighted by atomic mass is 10.1. The Balaban J connectivity index is 1.76. The van der Waals surface area contributed by atoms with Gasteiger partial charge in [0.15, 0.2) is 0 Å². The highest BCUT2D eigenvalue weighted by molar-refractivity contribution is 6.10. The van der Waals surface area contributed by atoms with Gasteiger partial charge in [0.1, 0.15) is 12.0 Å². The number of anilines is 1. The van der Waals surface area contributed by atoms with Gasteiger partial charge in [-0.05, 0) is 17.7 Å². The van der Waals surface area contributed by atoms with Crippen molar-refractivity contribution in [3.05, 3.63) is 54.5 Å². The molecule has 26 heavy (non-hydrogen) atoms. The second-order valence-electron chi connectivity index (χ2n) is 6.21. The fourth-order valence-corrected chi connectivity index (χ4v) is 3.08. The van der Waals surface area contributed by atoms with E-state index >= 15 is 0 Å². The van der Waals surface area contributed by atoms with E-state index < -0.39 is 6.17 Å². The number of pyridine rings is 1. The molecule has 0 bridgehead atoms. The number of hydrogen-bond donors (Lipinski definition) is 1. The van der Waals surface area contributed by atoms with Crippen LogP contribution >= 0.6 is 0 Å². The summed E-state index contributed by atoms with van der Waals surface area (Å²) >= 11 is 0. The normalized spacial score (nSPS) is 15.8. The molecule has 0 atom stereocenters. The van der Waals surface area contributed by atoms with Gasteiger partial charge in [-0.15, -0.1) is 0 Å². The maximum Gasteiger partial charge on any atom is 0.135 e. The quantitative estimate of drug-likeness (QED) is 0.734. The number of nitrogens with zero attached hydrogens (tertiary/aromatic N) is 5. The van der Waals surface area contributed by atoms with E-state index in [1.165, 1.54) is 6.20 Å². The van der Waals surface area contributed by atoms with Crippen LogP contribution in [0.25, 0.3) is 22.2 Å². The third-order valence-electron chi connectivity index (χ3n) is 4.49. The topological polar surface area (TPSA) is 72.3 Å². The van der Waals surface area contributed by atoms with Gasteiger partial charge in [-0.2, -0.15) is 5.10 Å². The lowest BCUT2D eigenvalue weighted by Gasteiger charge is -2.35. The third kappa shape index (κ3) is 2.81. The molecule has 6 nitrogen and oxygen atoms in total. The number of nitrogens with two attached hydrogens (primary N) is 1. The maximum absolute atomic E-state index is 13.1. The van der Waals surface area contributed by atoms with Crippen LogP contribution in [0.4, 0.5) is 10.2 Å². The molecule has 1 aliphatic heterocycles. The number of alkyl halides is 1. The molecule has 2 aromatic heterocycles. The van der Waals surface area contributed by atoms with Crippen LogP contribution in [0.5, 0.6) is 0 Å². The molecule has 3 heterocycles. The van der Waals surface area contributed by atoms with E-state index in [4.69, 9.17) is 5.73 Å². The fraction of sp³-hybridized carbons (Fsp3) is 0.211. The second-order valence-corrected chi connectivity index (χ2v) is 6.21. The number of rotatable bonds is 4. The van der Waals surface area contributed by atoms with Gasteiger partial charge < -0.3 is 10.6 Å². The maximum atomic E-state index is 13.1. The number of aromatic nitrogens is 3. The van der Waals surface area contributed by atoms with Crippen LogP contribution in [-0.2, 0) is 0 Å². The standard InChI is InChI=1S/C19H19FN6/c1-22-9-15(8-21)13-2-3-14-10-24-26(18(14)6-13)17-4-5-23-19(7-17)25-11-16(20)12-25/h2-10,16H,11-12,21H2,1H3. The number of benzene rings is 1. The van der Waals surface area contributed by atoms with E-state index in [-0.39, 0.29) is 0 Å². The molecule has 4 rings (SSSR count). The summed E-state index contributed by atoms with van der Waals surface area (Å²) in [6.45, 7) is 0.781. The van der Waals surface area contributed by atoms with Crippen molar-refractivity contribution in [1.82, 2.24) is 14.8 Å². The van der Waals surface area contributed by atoms with E-state index in [9.17, 15) is 4.39 Å². The number of fused-ring (bicyclic) bond motifs is 1. The molecule has 0 amide bonds. The van der Waals surface area contributed by atoms with Crippen molar-refractivity contribution < 1.29 is 4.39 Å². The molecule has 7 heteroatoms. The minimum atomic E-state index is -0.768. The van der Waals surface area contributed by atoms with Crippen molar-refractivity contribution in [3.8, 4) is 5.69 Å². The molecular weight excluding hydrogens is 331 g/mol. The van der Waals surface area contributed by atoms with Crippen LogP contribution in [0.3, 0.4) is 0 Å². The summed E-state index contributed by atoms with van der Waals surface area (Å²) in [4.78, 5) is 10.3. The molecular formula is C19H19FN6. The highest BCUT2D eigenvalue weighted by Gasteiger charge is 2.27. The SMILES string of the molecule is CN=CC(=CN)c1ccc2cnn(-c3ccnc(N4CC(F)C4)c3)c2c1. The Bertz CT molecular complexity index is 1000. The molecule has 1 aliphatic rings. The van der Waals surface area contributed by atoms with Crippen LogP contribution in [0.15, 0.2) is 53.9 Å². The van der Waals surface area contributed by atoms with Gasteiger partial charge in [0.05, 0.1) is 30.5 Å². The Kier molecular flexibility index (Phi) is 4.12. The molecule has 3 aromatic rings. The summed E-state index contributed by atoms with van der Waals surface area (Å²) in [6.07, 6.45) is 6.04. The highest BCUT2D eigenvalue weighted by atomic mass is 19.1. The predicted molar refractivity (Wildman–Crippen MR) is 103 cm³/mol. The van der Waals surface area contributed by atoms with E-state index in [0.29, 0.717) is 13.1 Å².